The first kappa shape index (κ1) is 10.9. The second-order valence-electron chi connectivity index (χ2n) is 2.92. The summed E-state index contributed by atoms with van der Waals surface area (Å²) in [6.45, 7) is 1.92. The van der Waals surface area contributed by atoms with Crippen molar-refractivity contribution in [2.75, 3.05) is 12.3 Å². The van der Waals surface area contributed by atoms with Gasteiger partial charge in [0.2, 0.25) is 0 Å². The molecule has 1 aromatic rings. The van der Waals surface area contributed by atoms with Crippen LogP contribution in [-0.2, 0) is 0 Å². The van der Waals surface area contributed by atoms with Crippen molar-refractivity contribution >= 4 is 17.3 Å². The van der Waals surface area contributed by atoms with E-state index in [0.717, 1.165) is 11.1 Å². The van der Waals surface area contributed by atoms with Crippen LogP contribution in [0.5, 0.6) is 0 Å². The molecule has 3 N–H and O–H groups in total. The van der Waals surface area contributed by atoms with Gasteiger partial charge in [0.15, 0.2) is 0 Å². The summed E-state index contributed by atoms with van der Waals surface area (Å²) >= 11 is 6.03. The lowest BCUT2D eigenvalue weighted by atomic mass is 10.1. The zero-order valence-corrected chi connectivity index (χ0v) is 8.73. The molecule has 0 fully saturated rings. The summed E-state index contributed by atoms with van der Waals surface area (Å²) in [6, 6.07) is 3.57. The lowest BCUT2D eigenvalue weighted by Crippen LogP contribution is -1.91. The number of rotatable bonds is 1. The van der Waals surface area contributed by atoms with Crippen LogP contribution in [0.4, 0.5) is 5.69 Å². The molecule has 1 rings (SSSR count). The van der Waals surface area contributed by atoms with Gasteiger partial charge in [0.05, 0.1) is 11.6 Å². The van der Waals surface area contributed by atoms with Gasteiger partial charge in [-0.15, -0.1) is 0 Å². The molecule has 0 spiro atoms. The van der Waals surface area contributed by atoms with Crippen LogP contribution in [0.3, 0.4) is 0 Å². The molecule has 0 unspecified atom stereocenters. The Morgan fingerprint density at radius 1 is 1.50 bits per heavy atom. The van der Waals surface area contributed by atoms with Crippen LogP contribution in [0, 0.1) is 18.8 Å². The number of aliphatic hydroxyl groups is 1. The van der Waals surface area contributed by atoms with Crippen LogP contribution >= 0.6 is 11.6 Å². The molecule has 1 aromatic carbocycles. The maximum Gasteiger partial charge on any atom is 0.0612 e. The van der Waals surface area contributed by atoms with Crippen molar-refractivity contribution < 1.29 is 5.11 Å². The van der Waals surface area contributed by atoms with E-state index in [9.17, 15) is 0 Å². The largest absolute Gasteiger partial charge is 0.398 e. The van der Waals surface area contributed by atoms with Crippen LogP contribution in [0.15, 0.2) is 12.1 Å². The number of aliphatic hydroxyl groups excluding tert-OH is 1. The molecule has 0 saturated carbocycles. The van der Waals surface area contributed by atoms with Crippen LogP contribution in [0.2, 0.25) is 5.02 Å². The Balaban J connectivity index is 3.02. The zero-order valence-electron chi connectivity index (χ0n) is 7.97. The normalized spacial score (nSPS) is 9.36. The molecule has 0 aromatic heterocycles. The zero-order chi connectivity index (χ0) is 10.6. The van der Waals surface area contributed by atoms with E-state index in [-0.39, 0.29) is 6.61 Å². The van der Waals surface area contributed by atoms with Crippen molar-refractivity contribution in [3.05, 3.63) is 28.3 Å². The number of anilines is 1. The third-order valence-corrected chi connectivity index (χ3v) is 2.38. The maximum atomic E-state index is 8.56. The Morgan fingerprint density at radius 3 is 2.86 bits per heavy atom. The molecule has 74 valence electrons. The lowest BCUT2D eigenvalue weighted by molar-refractivity contribution is 0.305. The van der Waals surface area contributed by atoms with Gasteiger partial charge in [-0.3, -0.25) is 0 Å². The second-order valence-corrected chi connectivity index (χ2v) is 3.29. The number of hydrogen-bond acceptors (Lipinski definition) is 2. The van der Waals surface area contributed by atoms with Gasteiger partial charge in [-0.05, 0) is 24.6 Å². The number of nitrogen functional groups attached to an aromatic ring is 1. The first-order chi connectivity index (χ1) is 6.66. The molecule has 0 aliphatic heterocycles. The summed E-state index contributed by atoms with van der Waals surface area (Å²) in [4.78, 5) is 0. The van der Waals surface area contributed by atoms with E-state index in [2.05, 4.69) is 11.8 Å². The van der Waals surface area contributed by atoms with Crippen molar-refractivity contribution in [3.8, 4) is 11.8 Å². The molecular weight excluding hydrogens is 198 g/mol. The number of nitrogens with two attached hydrogens (primary N) is 1. The van der Waals surface area contributed by atoms with E-state index >= 15 is 0 Å². The summed E-state index contributed by atoms with van der Waals surface area (Å²) in [6.07, 6.45) is 0.458. The minimum absolute atomic E-state index is 0.0680. The molecule has 0 heterocycles. The fourth-order valence-electron chi connectivity index (χ4n) is 1.01. The summed E-state index contributed by atoms with van der Waals surface area (Å²) in [5.74, 6) is 5.70. The summed E-state index contributed by atoms with van der Waals surface area (Å²) < 4.78 is 0. The van der Waals surface area contributed by atoms with Crippen LogP contribution in [-0.4, -0.2) is 11.7 Å². The van der Waals surface area contributed by atoms with Gasteiger partial charge < -0.3 is 10.8 Å². The minimum Gasteiger partial charge on any atom is -0.398 e. The van der Waals surface area contributed by atoms with Crippen molar-refractivity contribution in [1.29, 1.82) is 0 Å². The predicted molar refractivity (Wildman–Crippen MR) is 59.2 cm³/mol. The highest BCUT2D eigenvalue weighted by atomic mass is 35.5. The van der Waals surface area contributed by atoms with E-state index in [1.54, 1.807) is 12.1 Å². The van der Waals surface area contributed by atoms with Gasteiger partial charge in [0, 0.05) is 17.7 Å². The standard InChI is InChI=1S/C11H12ClNO/c1-8-10(13)6-5-9(11(8)12)4-2-3-7-14/h5-6,14H,3,7,13H2,1H3. The highest BCUT2D eigenvalue weighted by Crippen LogP contribution is 2.24. The van der Waals surface area contributed by atoms with E-state index < -0.39 is 0 Å². The molecule has 0 atom stereocenters. The summed E-state index contributed by atoms with van der Waals surface area (Å²) in [5.41, 5.74) is 7.95. The van der Waals surface area contributed by atoms with Crippen molar-refractivity contribution in [3.63, 3.8) is 0 Å². The summed E-state index contributed by atoms with van der Waals surface area (Å²) in [5, 5.41) is 9.15. The Morgan fingerprint density at radius 2 is 2.21 bits per heavy atom. The Kier molecular flexibility index (Phi) is 3.82. The van der Waals surface area contributed by atoms with Crippen molar-refractivity contribution in [1.82, 2.24) is 0 Å². The second kappa shape index (κ2) is 4.90. The number of halogens is 1. The quantitative estimate of drug-likeness (QED) is 0.549. The van der Waals surface area contributed by atoms with Gasteiger partial charge in [-0.1, -0.05) is 23.4 Å². The van der Waals surface area contributed by atoms with E-state index in [0.29, 0.717) is 17.1 Å². The number of hydrogen-bond donors (Lipinski definition) is 2. The van der Waals surface area contributed by atoms with Gasteiger partial charge in [-0.2, -0.15) is 0 Å². The van der Waals surface area contributed by atoms with Crippen LogP contribution in [0.25, 0.3) is 0 Å². The van der Waals surface area contributed by atoms with Crippen molar-refractivity contribution in [2.45, 2.75) is 13.3 Å². The molecule has 0 saturated heterocycles. The molecule has 0 amide bonds. The topological polar surface area (TPSA) is 46.2 Å². The molecule has 0 aliphatic carbocycles. The smallest absolute Gasteiger partial charge is 0.0612 e. The maximum absolute atomic E-state index is 8.56. The highest BCUT2D eigenvalue weighted by molar-refractivity contribution is 6.32. The molecule has 3 heteroatoms. The van der Waals surface area contributed by atoms with Gasteiger partial charge in [0.25, 0.3) is 0 Å². The van der Waals surface area contributed by atoms with Gasteiger partial charge >= 0.3 is 0 Å². The average molecular weight is 210 g/mol. The van der Waals surface area contributed by atoms with Crippen molar-refractivity contribution in [2.24, 2.45) is 0 Å². The molecule has 14 heavy (non-hydrogen) atoms. The van der Waals surface area contributed by atoms with Gasteiger partial charge in [0.1, 0.15) is 0 Å². The van der Waals surface area contributed by atoms with Crippen LogP contribution < -0.4 is 5.73 Å². The third kappa shape index (κ3) is 2.41. The SMILES string of the molecule is Cc1c(N)ccc(C#CCCO)c1Cl. The highest BCUT2D eigenvalue weighted by Gasteiger charge is 2.03. The molecule has 0 aliphatic rings. The average Bonchev–Trinajstić information content (AvgIpc) is 2.18. The third-order valence-electron chi connectivity index (χ3n) is 1.89. The Labute approximate surface area is 88.7 Å². The molecule has 0 radical (unpaired) electrons. The summed E-state index contributed by atoms with van der Waals surface area (Å²) in [7, 11) is 0. The van der Waals surface area contributed by atoms with Crippen LogP contribution in [0.1, 0.15) is 17.5 Å². The van der Waals surface area contributed by atoms with E-state index in [1.165, 1.54) is 0 Å². The first-order valence-corrected chi connectivity index (χ1v) is 4.69. The predicted octanol–water partition coefficient (Wildman–Crippen LogP) is 1.96. The van der Waals surface area contributed by atoms with E-state index in [4.69, 9.17) is 22.4 Å². The van der Waals surface area contributed by atoms with E-state index in [1.807, 2.05) is 6.92 Å². The fourth-order valence-corrected chi connectivity index (χ4v) is 1.23. The molecule has 0 bridgehead atoms. The lowest BCUT2D eigenvalue weighted by Gasteiger charge is -2.03. The molecule has 2 nitrogen and oxygen atoms in total. The van der Waals surface area contributed by atoms with Gasteiger partial charge in [-0.25, -0.2) is 0 Å². The number of benzene rings is 1. The monoisotopic (exact) mass is 209 g/mol. The first-order valence-electron chi connectivity index (χ1n) is 4.31. The molecular formula is C11H12ClNO. The Hall–Kier alpha value is -1.17. The minimum atomic E-state index is 0.0680. The Bertz CT molecular complexity index is 390. The fraction of sp³-hybridized carbons (Fsp3) is 0.273.